The minimum Gasteiger partial charge on any atom is -0.460 e. The second-order valence-electron chi connectivity index (χ2n) is 6.99. The summed E-state index contributed by atoms with van der Waals surface area (Å²) >= 11 is 0. The highest BCUT2D eigenvalue weighted by atomic mass is 16.7. The van der Waals surface area contributed by atoms with Gasteiger partial charge >= 0.3 is 17.9 Å². The Bertz CT molecular complexity index is 789. The summed E-state index contributed by atoms with van der Waals surface area (Å²) in [6.07, 6.45) is 4.31. The van der Waals surface area contributed by atoms with E-state index in [1.165, 1.54) is 6.92 Å². The second-order valence-corrected chi connectivity index (χ2v) is 6.99. The van der Waals surface area contributed by atoms with Crippen LogP contribution in [-0.4, -0.2) is 49.1 Å². The van der Waals surface area contributed by atoms with Crippen molar-refractivity contribution in [1.82, 2.24) is 0 Å². The van der Waals surface area contributed by atoms with Crippen molar-refractivity contribution in [2.24, 2.45) is 0 Å². The van der Waals surface area contributed by atoms with Gasteiger partial charge in [-0.25, -0.2) is 9.59 Å². The molecule has 0 spiro atoms. The normalized spacial score (nSPS) is 14.1. The molecule has 1 unspecified atom stereocenters. The smallest absolute Gasteiger partial charge is 0.335 e. The van der Waals surface area contributed by atoms with E-state index < -0.39 is 5.97 Å². The third kappa shape index (κ3) is 15.2. The van der Waals surface area contributed by atoms with E-state index >= 15 is 0 Å². The molecule has 1 aromatic rings. The summed E-state index contributed by atoms with van der Waals surface area (Å²) in [6.45, 7) is 15.6. The topological polar surface area (TPSA) is 108 Å². The molecule has 0 bridgehead atoms. The van der Waals surface area contributed by atoms with Crippen molar-refractivity contribution in [3.63, 3.8) is 0 Å². The number of aliphatic hydroxyl groups excluding tert-OH is 1. The summed E-state index contributed by atoms with van der Waals surface area (Å²) in [6, 6.07) is 7.15. The van der Waals surface area contributed by atoms with E-state index in [-0.39, 0.29) is 31.4 Å². The van der Waals surface area contributed by atoms with Crippen LogP contribution in [0.1, 0.15) is 45.6 Å². The van der Waals surface area contributed by atoms with Crippen molar-refractivity contribution in [1.29, 1.82) is 0 Å². The van der Waals surface area contributed by atoms with Crippen LogP contribution < -0.4 is 4.74 Å². The highest BCUT2D eigenvalue weighted by Gasteiger charge is 2.17. The van der Waals surface area contributed by atoms with Gasteiger partial charge in [0.05, 0.1) is 13.2 Å². The predicted molar refractivity (Wildman–Crippen MR) is 125 cm³/mol. The molecule has 1 atom stereocenters. The molecule has 1 fully saturated rings. The molecule has 0 radical (unpaired) electrons. The lowest BCUT2D eigenvalue weighted by molar-refractivity contribution is -0.182. The Morgan fingerprint density at radius 1 is 1.06 bits per heavy atom. The van der Waals surface area contributed by atoms with Gasteiger partial charge in [0.2, 0.25) is 6.29 Å². The van der Waals surface area contributed by atoms with Gasteiger partial charge in [0, 0.05) is 24.5 Å². The summed E-state index contributed by atoms with van der Waals surface area (Å²) in [7, 11) is 0. The lowest BCUT2D eigenvalue weighted by atomic mass is 10.2. The van der Waals surface area contributed by atoms with Gasteiger partial charge in [-0.1, -0.05) is 37.9 Å². The van der Waals surface area contributed by atoms with E-state index in [0.29, 0.717) is 23.5 Å². The van der Waals surface area contributed by atoms with Crippen LogP contribution in [0.15, 0.2) is 55.1 Å². The van der Waals surface area contributed by atoms with E-state index in [4.69, 9.17) is 19.3 Å². The number of aliphatic hydroxyl groups is 1. The zero-order valence-corrected chi connectivity index (χ0v) is 19.6. The summed E-state index contributed by atoms with van der Waals surface area (Å²) in [4.78, 5) is 32.0. The molecule has 1 aromatic carbocycles. The molecule has 33 heavy (non-hydrogen) atoms. The maximum Gasteiger partial charge on any atom is 0.335 e. The van der Waals surface area contributed by atoms with Crippen molar-refractivity contribution in [2.45, 2.75) is 46.3 Å². The fourth-order valence-electron chi connectivity index (χ4n) is 2.12. The zero-order chi connectivity index (χ0) is 25.2. The van der Waals surface area contributed by atoms with Gasteiger partial charge in [0.1, 0.15) is 12.4 Å². The van der Waals surface area contributed by atoms with Crippen LogP contribution in [0.4, 0.5) is 0 Å². The molecule has 1 heterocycles. The Labute approximate surface area is 195 Å². The van der Waals surface area contributed by atoms with Crippen molar-refractivity contribution < 1.29 is 38.4 Å². The lowest BCUT2D eigenvalue weighted by Crippen LogP contribution is -2.25. The van der Waals surface area contributed by atoms with Crippen LogP contribution in [0.3, 0.4) is 0 Å². The maximum absolute atomic E-state index is 11.0. The first kappa shape index (κ1) is 29.8. The standard InChI is InChI=1S/C10H10O2.C9H14O3.C6H10O3/c1-3-9-4-6-10(7-5-9)12-8(2)11;1-7(2)9(10)12-8-5-3-4-6-11-8;1-5(2)6(8)9-4-3-7/h3-7H,1H2,2H3;8H,1,3-6H2,2H3;7H,1,3-4H2,2H3. The highest BCUT2D eigenvalue weighted by molar-refractivity contribution is 5.87. The van der Waals surface area contributed by atoms with Crippen molar-refractivity contribution in [3.05, 3.63) is 60.7 Å². The first-order valence-corrected chi connectivity index (χ1v) is 10.4. The first-order chi connectivity index (χ1) is 15.6. The summed E-state index contributed by atoms with van der Waals surface area (Å²) in [5.74, 6) is -0.555. The Hall–Kier alpha value is -3.23. The van der Waals surface area contributed by atoms with Gasteiger partial charge < -0.3 is 24.1 Å². The minimum absolute atomic E-state index is 0.0473. The molecule has 8 nitrogen and oxygen atoms in total. The van der Waals surface area contributed by atoms with Crippen LogP contribution in [0.5, 0.6) is 5.75 Å². The molecule has 0 aromatic heterocycles. The van der Waals surface area contributed by atoms with Crippen LogP contribution >= 0.6 is 0 Å². The number of hydrogen-bond donors (Lipinski definition) is 1. The van der Waals surface area contributed by atoms with Crippen LogP contribution in [-0.2, 0) is 28.6 Å². The molecule has 2 rings (SSSR count). The van der Waals surface area contributed by atoms with Crippen molar-refractivity contribution in [2.75, 3.05) is 19.8 Å². The lowest BCUT2D eigenvalue weighted by Gasteiger charge is -2.22. The molecular formula is C25H34O8. The van der Waals surface area contributed by atoms with E-state index in [2.05, 4.69) is 24.5 Å². The summed E-state index contributed by atoms with van der Waals surface area (Å²) < 4.78 is 19.5. The fourth-order valence-corrected chi connectivity index (χ4v) is 2.12. The van der Waals surface area contributed by atoms with E-state index in [1.807, 2.05) is 12.1 Å². The minimum atomic E-state index is -0.455. The first-order valence-electron chi connectivity index (χ1n) is 10.4. The van der Waals surface area contributed by atoms with Gasteiger partial charge in [-0.15, -0.1) is 0 Å². The van der Waals surface area contributed by atoms with Gasteiger partial charge in [0.15, 0.2) is 0 Å². The van der Waals surface area contributed by atoms with Crippen molar-refractivity contribution in [3.8, 4) is 5.75 Å². The maximum atomic E-state index is 11.0. The molecule has 1 saturated heterocycles. The zero-order valence-electron chi connectivity index (χ0n) is 19.6. The average Bonchev–Trinajstić information content (AvgIpc) is 2.79. The fraction of sp³-hybridized carbons (Fsp3) is 0.400. The third-order valence-electron chi connectivity index (χ3n) is 3.78. The summed E-state index contributed by atoms with van der Waals surface area (Å²) in [5, 5.41) is 8.19. The van der Waals surface area contributed by atoms with Gasteiger partial charge in [-0.2, -0.15) is 0 Å². The SMILES string of the molecule is C=C(C)C(=O)OC1CCCCO1.C=C(C)C(=O)OCCO.C=Cc1ccc(OC(C)=O)cc1. The molecule has 1 N–H and O–H groups in total. The Kier molecular flexibility index (Phi) is 15.6. The average molecular weight is 463 g/mol. The van der Waals surface area contributed by atoms with Crippen LogP contribution in [0, 0.1) is 0 Å². The number of carbonyl (C=O) groups is 3. The Morgan fingerprint density at radius 3 is 2.09 bits per heavy atom. The number of ether oxygens (including phenoxy) is 4. The molecule has 8 heteroatoms. The molecule has 182 valence electrons. The molecule has 0 aliphatic carbocycles. The van der Waals surface area contributed by atoms with Gasteiger partial charge in [-0.05, 0) is 44.4 Å². The quantitative estimate of drug-likeness (QED) is 0.368. The van der Waals surface area contributed by atoms with Gasteiger partial charge in [0.25, 0.3) is 0 Å². The molecule has 1 aliphatic rings. The van der Waals surface area contributed by atoms with Crippen LogP contribution in [0.25, 0.3) is 6.08 Å². The monoisotopic (exact) mass is 462 g/mol. The largest absolute Gasteiger partial charge is 0.460 e. The number of hydrogen-bond acceptors (Lipinski definition) is 8. The highest BCUT2D eigenvalue weighted by Crippen LogP contribution is 2.14. The van der Waals surface area contributed by atoms with Crippen molar-refractivity contribution >= 4 is 24.0 Å². The number of carbonyl (C=O) groups excluding carboxylic acids is 3. The number of esters is 3. The predicted octanol–water partition coefficient (Wildman–Crippen LogP) is 3.99. The molecule has 1 aliphatic heterocycles. The number of benzene rings is 1. The van der Waals surface area contributed by atoms with E-state index in [0.717, 1.165) is 24.8 Å². The second kappa shape index (κ2) is 17.3. The van der Waals surface area contributed by atoms with E-state index in [1.54, 1.807) is 32.1 Å². The Balaban J connectivity index is 0.000000472. The Morgan fingerprint density at radius 2 is 1.67 bits per heavy atom. The molecular weight excluding hydrogens is 428 g/mol. The number of rotatable bonds is 7. The molecule has 0 saturated carbocycles. The van der Waals surface area contributed by atoms with Gasteiger partial charge in [-0.3, -0.25) is 4.79 Å². The molecule has 0 amide bonds. The third-order valence-corrected chi connectivity index (χ3v) is 3.78. The van der Waals surface area contributed by atoms with E-state index in [9.17, 15) is 14.4 Å². The summed E-state index contributed by atoms with van der Waals surface area (Å²) in [5.41, 5.74) is 1.78. The van der Waals surface area contributed by atoms with Crippen LogP contribution in [0.2, 0.25) is 0 Å².